The molecule has 5 rings (SSSR count). The molecule has 3 fully saturated rings. The highest BCUT2D eigenvalue weighted by Gasteiger charge is 2.40. The van der Waals surface area contributed by atoms with Crippen LogP contribution in [0.25, 0.3) is 10.6 Å². The second-order valence-corrected chi connectivity index (χ2v) is 7.72. The van der Waals surface area contributed by atoms with Crippen LogP contribution in [0.15, 0.2) is 30.5 Å². The Labute approximate surface area is 145 Å². The number of benzene rings is 1. The summed E-state index contributed by atoms with van der Waals surface area (Å²) in [6.45, 7) is 4.53. The SMILES string of the molecule is CC1C(NC(=O)c2cnc(-c3ccc(O)cc3)s2)C2CCN1CC2. The van der Waals surface area contributed by atoms with Crippen molar-refractivity contribution in [2.24, 2.45) is 5.92 Å². The molecule has 2 N–H and O–H groups in total. The van der Waals surface area contributed by atoms with Crippen LogP contribution in [0.1, 0.15) is 29.4 Å². The molecule has 1 amide bonds. The molecule has 1 aromatic carbocycles. The molecule has 3 aliphatic heterocycles. The van der Waals surface area contributed by atoms with Crippen LogP contribution < -0.4 is 5.32 Å². The van der Waals surface area contributed by atoms with Crippen molar-refractivity contribution in [1.29, 1.82) is 0 Å². The summed E-state index contributed by atoms with van der Waals surface area (Å²) in [5.74, 6) is 0.797. The third kappa shape index (κ3) is 2.80. The molecule has 5 nitrogen and oxygen atoms in total. The number of phenolic OH excluding ortho intramolecular Hbond substituents is 1. The van der Waals surface area contributed by atoms with E-state index in [4.69, 9.17) is 0 Å². The van der Waals surface area contributed by atoms with E-state index in [0.717, 1.165) is 23.7 Å². The van der Waals surface area contributed by atoms with Gasteiger partial charge in [0.1, 0.15) is 15.6 Å². The molecule has 0 aliphatic carbocycles. The van der Waals surface area contributed by atoms with Gasteiger partial charge in [-0.1, -0.05) is 0 Å². The van der Waals surface area contributed by atoms with Gasteiger partial charge in [-0.05, 0) is 63.0 Å². The van der Waals surface area contributed by atoms with E-state index in [2.05, 4.69) is 22.1 Å². The van der Waals surface area contributed by atoms with Gasteiger partial charge in [0.05, 0.1) is 6.20 Å². The van der Waals surface area contributed by atoms with Gasteiger partial charge in [-0.2, -0.15) is 0 Å². The molecular formula is C18H21N3O2S. The quantitative estimate of drug-likeness (QED) is 0.899. The van der Waals surface area contributed by atoms with Gasteiger partial charge >= 0.3 is 0 Å². The van der Waals surface area contributed by atoms with E-state index in [0.29, 0.717) is 16.8 Å². The summed E-state index contributed by atoms with van der Waals surface area (Å²) in [6, 6.07) is 7.53. The summed E-state index contributed by atoms with van der Waals surface area (Å²) in [6.07, 6.45) is 4.00. The number of carbonyl (C=O) groups excluding carboxylic acids is 1. The van der Waals surface area contributed by atoms with E-state index in [1.807, 2.05) is 12.1 Å². The second kappa shape index (κ2) is 6.18. The smallest absolute Gasteiger partial charge is 0.263 e. The number of carbonyl (C=O) groups is 1. The summed E-state index contributed by atoms with van der Waals surface area (Å²) in [7, 11) is 0. The minimum Gasteiger partial charge on any atom is -0.508 e. The normalized spacial score (nSPS) is 28.7. The van der Waals surface area contributed by atoms with Gasteiger partial charge < -0.3 is 10.4 Å². The van der Waals surface area contributed by atoms with Gasteiger partial charge in [-0.25, -0.2) is 4.98 Å². The van der Waals surface area contributed by atoms with Gasteiger partial charge in [-0.15, -0.1) is 11.3 Å². The lowest BCUT2D eigenvalue weighted by atomic mass is 9.79. The zero-order valence-corrected chi connectivity index (χ0v) is 14.4. The molecule has 0 saturated carbocycles. The molecule has 2 aromatic rings. The first-order valence-corrected chi connectivity index (χ1v) is 9.23. The summed E-state index contributed by atoms with van der Waals surface area (Å²) in [5, 5.41) is 13.4. The van der Waals surface area contributed by atoms with E-state index in [1.54, 1.807) is 18.3 Å². The van der Waals surface area contributed by atoms with Crippen molar-refractivity contribution in [1.82, 2.24) is 15.2 Å². The molecule has 4 heterocycles. The molecular weight excluding hydrogens is 322 g/mol. The lowest BCUT2D eigenvalue weighted by molar-refractivity contribution is 0.0218. The molecule has 24 heavy (non-hydrogen) atoms. The van der Waals surface area contributed by atoms with E-state index in [9.17, 15) is 9.90 Å². The van der Waals surface area contributed by atoms with Crippen molar-refractivity contribution in [2.45, 2.75) is 31.8 Å². The Morgan fingerprint density at radius 3 is 2.67 bits per heavy atom. The maximum Gasteiger partial charge on any atom is 0.263 e. The molecule has 3 saturated heterocycles. The average molecular weight is 343 g/mol. The number of rotatable bonds is 3. The van der Waals surface area contributed by atoms with E-state index >= 15 is 0 Å². The summed E-state index contributed by atoms with van der Waals surface area (Å²) < 4.78 is 0. The first-order chi connectivity index (χ1) is 11.6. The topological polar surface area (TPSA) is 65.5 Å². The summed E-state index contributed by atoms with van der Waals surface area (Å²) >= 11 is 1.39. The van der Waals surface area contributed by atoms with Gasteiger partial charge in [-0.3, -0.25) is 9.69 Å². The molecule has 3 aliphatic rings. The average Bonchev–Trinajstić information content (AvgIpc) is 3.09. The fraction of sp³-hybridized carbons (Fsp3) is 0.444. The van der Waals surface area contributed by atoms with Crippen LogP contribution in [-0.2, 0) is 0 Å². The standard InChI is InChI=1S/C18H21N3O2S/c1-11-16(12-6-8-21(11)9-7-12)20-17(23)15-10-19-18(24-15)13-2-4-14(22)5-3-13/h2-5,10-12,16,22H,6-9H2,1H3,(H,20,23). The van der Waals surface area contributed by atoms with E-state index in [1.165, 1.54) is 24.2 Å². The van der Waals surface area contributed by atoms with Crippen molar-refractivity contribution in [3.05, 3.63) is 35.3 Å². The van der Waals surface area contributed by atoms with Gasteiger partial charge in [0.15, 0.2) is 0 Å². The van der Waals surface area contributed by atoms with Gasteiger partial charge in [0, 0.05) is 17.6 Å². The van der Waals surface area contributed by atoms with Crippen molar-refractivity contribution in [3.8, 4) is 16.3 Å². The number of phenols is 1. The van der Waals surface area contributed by atoms with Crippen LogP contribution in [0.4, 0.5) is 0 Å². The number of aromatic hydroxyl groups is 1. The van der Waals surface area contributed by atoms with Crippen molar-refractivity contribution < 1.29 is 9.90 Å². The number of nitrogens with zero attached hydrogens (tertiary/aromatic N) is 2. The van der Waals surface area contributed by atoms with Crippen LogP contribution in [0.5, 0.6) is 5.75 Å². The Morgan fingerprint density at radius 1 is 1.29 bits per heavy atom. The minimum atomic E-state index is -0.0249. The fourth-order valence-electron chi connectivity index (χ4n) is 3.88. The van der Waals surface area contributed by atoms with Crippen LogP contribution >= 0.6 is 11.3 Å². The summed E-state index contributed by atoms with van der Waals surface area (Å²) in [4.78, 5) is 20.1. The van der Waals surface area contributed by atoms with Crippen molar-refractivity contribution >= 4 is 17.2 Å². The lowest BCUT2D eigenvalue weighted by Gasteiger charge is -2.49. The molecule has 2 bridgehead atoms. The van der Waals surface area contributed by atoms with Crippen LogP contribution in [0.2, 0.25) is 0 Å². The highest BCUT2D eigenvalue weighted by atomic mass is 32.1. The molecule has 1 aromatic heterocycles. The first-order valence-electron chi connectivity index (χ1n) is 8.42. The number of aromatic nitrogens is 1. The highest BCUT2D eigenvalue weighted by molar-refractivity contribution is 7.16. The zero-order valence-electron chi connectivity index (χ0n) is 13.6. The summed E-state index contributed by atoms with van der Waals surface area (Å²) in [5.41, 5.74) is 0.910. The number of fused-ring (bicyclic) bond motifs is 3. The lowest BCUT2D eigenvalue weighted by Crippen LogP contribution is -2.62. The Hall–Kier alpha value is -1.92. The largest absolute Gasteiger partial charge is 0.508 e. The number of piperidine rings is 3. The number of thiazole rings is 1. The van der Waals surface area contributed by atoms with Crippen molar-refractivity contribution in [3.63, 3.8) is 0 Å². The first kappa shape index (κ1) is 15.6. The van der Waals surface area contributed by atoms with Gasteiger partial charge in [0.2, 0.25) is 0 Å². The van der Waals surface area contributed by atoms with Gasteiger partial charge in [0.25, 0.3) is 5.91 Å². The molecule has 6 heteroatoms. The Balaban J connectivity index is 1.48. The molecule has 2 atom stereocenters. The molecule has 0 radical (unpaired) electrons. The van der Waals surface area contributed by atoms with E-state index < -0.39 is 0 Å². The Morgan fingerprint density at radius 2 is 2.00 bits per heavy atom. The molecule has 126 valence electrons. The maximum absolute atomic E-state index is 12.6. The van der Waals surface area contributed by atoms with Crippen LogP contribution in [-0.4, -0.2) is 46.1 Å². The minimum absolute atomic E-state index is 0.0249. The van der Waals surface area contributed by atoms with Crippen LogP contribution in [0, 0.1) is 5.92 Å². The second-order valence-electron chi connectivity index (χ2n) is 6.69. The fourth-order valence-corrected chi connectivity index (χ4v) is 4.71. The number of hydrogen-bond donors (Lipinski definition) is 2. The highest BCUT2D eigenvalue weighted by Crippen LogP contribution is 2.33. The Bertz CT molecular complexity index is 733. The van der Waals surface area contributed by atoms with Crippen molar-refractivity contribution in [2.75, 3.05) is 13.1 Å². The molecule has 0 spiro atoms. The zero-order chi connectivity index (χ0) is 16.7. The van der Waals surface area contributed by atoms with Crippen LogP contribution in [0.3, 0.4) is 0 Å². The monoisotopic (exact) mass is 343 g/mol. The number of hydrogen-bond acceptors (Lipinski definition) is 5. The Kier molecular flexibility index (Phi) is 4.02. The third-order valence-electron chi connectivity index (χ3n) is 5.32. The maximum atomic E-state index is 12.6. The predicted molar refractivity (Wildman–Crippen MR) is 94.2 cm³/mol. The molecule has 2 unspecified atom stereocenters. The number of nitrogens with one attached hydrogen (secondary N) is 1. The predicted octanol–water partition coefficient (Wildman–Crippen LogP) is 2.73. The number of amides is 1. The third-order valence-corrected chi connectivity index (χ3v) is 6.36. The van der Waals surface area contributed by atoms with E-state index in [-0.39, 0.29) is 17.7 Å².